The number of halogens is 3. The first-order chi connectivity index (χ1) is 8.99. The minimum absolute atomic E-state index is 0.0206. The fourth-order valence-corrected chi connectivity index (χ4v) is 1.32. The van der Waals surface area contributed by atoms with Crippen LogP contribution in [0.4, 0.5) is 13.2 Å². The second kappa shape index (κ2) is 11.4. The number of nitrogens with zero attached hydrogens (tertiary/aromatic N) is 1. The Hall–Kier alpha value is -0.410. The normalized spacial score (nSPS) is 12.3. The Kier molecular flexibility index (Phi) is 11.2. The highest BCUT2D eigenvalue weighted by Crippen LogP contribution is 2.15. The van der Waals surface area contributed by atoms with E-state index in [1.54, 1.807) is 7.11 Å². The van der Waals surface area contributed by atoms with Gasteiger partial charge in [0.2, 0.25) is 0 Å². The molecule has 0 spiro atoms. The number of hydrogen-bond donors (Lipinski definition) is 1. The molecule has 0 aromatic rings. The van der Waals surface area contributed by atoms with Crippen LogP contribution in [0.5, 0.6) is 0 Å². The molecule has 1 N–H and O–H groups in total. The van der Waals surface area contributed by atoms with Crippen molar-refractivity contribution in [1.29, 1.82) is 0 Å². The molecule has 19 heavy (non-hydrogen) atoms. The molecule has 0 bridgehead atoms. The van der Waals surface area contributed by atoms with Gasteiger partial charge in [-0.25, -0.2) is 0 Å². The molecular formula is C11H22F3NO4. The van der Waals surface area contributed by atoms with Crippen LogP contribution in [0.1, 0.15) is 0 Å². The third-order valence-electron chi connectivity index (χ3n) is 2.17. The highest BCUT2D eigenvalue weighted by Gasteiger charge is 2.30. The molecule has 8 heteroatoms. The van der Waals surface area contributed by atoms with Crippen molar-refractivity contribution in [2.24, 2.45) is 0 Å². The lowest BCUT2D eigenvalue weighted by Gasteiger charge is -2.22. The van der Waals surface area contributed by atoms with Gasteiger partial charge in [-0.3, -0.25) is 4.90 Å². The van der Waals surface area contributed by atoms with Crippen molar-refractivity contribution >= 4 is 0 Å². The van der Waals surface area contributed by atoms with Gasteiger partial charge >= 0.3 is 6.18 Å². The smallest absolute Gasteiger partial charge is 0.395 e. The molecule has 0 saturated heterocycles. The molecule has 0 aliphatic rings. The Bertz CT molecular complexity index is 205. The molecule has 0 aromatic carbocycles. The first-order valence-electron chi connectivity index (χ1n) is 6.04. The van der Waals surface area contributed by atoms with E-state index >= 15 is 0 Å². The minimum atomic E-state index is -4.27. The van der Waals surface area contributed by atoms with Gasteiger partial charge in [0.25, 0.3) is 0 Å². The highest BCUT2D eigenvalue weighted by atomic mass is 19.4. The maximum absolute atomic E-state index is 12.2. The molecule has 0 saturated carbocycles. The molecule has 0 aliphatic carbocycles. The quantitative estimate of drug-likeness (QED) is 0.531. The van der Waals surface area contributed by atoms with E-state index < -0.39 is 12.7 Å². The summed E-state index contributed by atoms with van der Waals surface area (Å²) < 4.78 is 51.6. The highest BCUT2D eigenvalue weighted by molar-refractivity contribution is 4.62. The summed E-state index contributed by atoms with van der Waals surface area (Å²) in [5.41, 5.74) is 0. The number of alkyl halides is 3. The van der Waals surface area contributed by atoms with E-state index in [0.29, 0.717) is 26.4 Å². The number of rotatable bonds is 12. The summed E-state index contributed by atoms with van der Waals surface area (Å²) in [7, 11) is 1.57. The lowest BCUT2D eigenvalue weighted by atomic mass is 10.4. The molecular weight excluding hydrogens is 267 g/mol. The number of aliphatic hydroxyl groups is 1. The maximum Gasteiger partial charge on any atom is 0.401 e. The zero-order chi connectivity index (χ0) is 14.6. The third-order valence-corrected chi connectivity index (χ3v) is 2.17. The van der Waals surface area contributed by atoms with Crippen LogP contribution in [-0.2, 0) is 14.2 Å². The van der Waals surface area contributed by atoms with Gasteiger partial charge in [-0.05, 0) is 0 Å². The summed E-state index contributed by atoms with van der Waals surface area (Å²) in [5, 5.41) is 8.68. The maximum atomic E-state index is 12.2. The van der Waals surface area contributed by atoms with E-state index in [-0.39, 0.29) is 26.3 Å². The van der Waals surface area contributed by atoms with Crippen LogP contribution >= 0.6 is 0 Å². The predicted molar refractivity (Wildman–Crippen MR) is 63.1 cm³/mol. The molecule has 5 nitrogen and oxygen atoms in total. The first-order valence-corrected chi connectivity index (χ1v) is 6.04. The van der Waals surface area contributed by atoms with E-state index in [1.165, 1.54) is 0 Å². The molecule has 116 valence electrons. The van der Waals surface area contributed by atoms with E-state index in [1.807, 2.05) is 0 Å². The monoisotopic (exact) mass is 289 g/mol. The molecule has 0 radical (unpaired) electrons. The molecule has 0 unspecified atom stereocenters. The Morgan fingerprint density at radius 1 is 0.947 bits per heavy atom. The Morgan fingerprint density at radius 2 is 1.53 bits per heavy atom. The molecule has 0 aromatic heterocycles. The van der Waals surface area contributed by atoms with Crippen LogP contribution in [0.3, 0.4) is 0 Å². The molecule has 0 rings (SSSR count). The summed E-state index contributed by atoms with van der Waals surface area (Å²) in [4.78, 5) is 1.10. The standard InChI is InChI=1S/C11H22F3NO4/c1-17-6-7-19-9-8-18-5-3-15(2-4-16)10-11(12,13)14/h16H,2-10H2,1H3. The van der Waals surface area contributed by atoms with Gasteiger partial charge < -0.3 is 19.3 Å². The minimum Gasteiger partial charge on any atom is -0.395 e. The van der Waals surface area contributed by atoms with Crippen molar-refractivity contribution in [3.8, 4) is 0 Å². The van der Waals surface area contributed by atoms with Crippen LogP contribution in [0.15, 0.2) is 0 Å². The van der Waals surface area contributed by atoms with Crippen molar-refractivity contribution < 1.29 is 32.5 Å². The largest absolute Gasteiger partial charge is 0.401 e. The third kappa shape index (κ3) is 13.8. The molecule has 0 fully saturated rings. The van der Waals surface area contributed by atoms with E-state index in [2.05, 4.69) is 0 Å². The van der Waals surface area contributed by atoms with Gasteiger partial charge in [0.05, 0.1) is 46.2 Å². The van der Waals surface area contributed by atoms with Gasteiger partial charge in [0, 0.05) is 20.2 Å². The van der Waals surface area contributed by atoms with Gasteiger partial charge in [0.15, 0.2) is 0 Å². The Morgan fingerprint density at radius 3 is 2.05 bits per heavy atom. The second-order valence-corrected chi connectivity index (χ2v) is 3.83. The van der Waals surface area contributed by atoms with Crippen LogP contribution in [0, 0.1) is 0 Å². The average Bonchev–Trinajstić information content (AvgIpc) is 2.31. The van der Waals surface area contributed by atoms with Crippen molar-refractivity contribution in [1.82, 2.24) is 4.90 Å². The zero-order valence-electron chi connectivity index (χ0n) is 11.1. The summed E-state index contributed by atoms with van der Waals surface area (Å²) in [6, 6.07) is 0. The topological polar surface area (TPSA) is 51.2 Å². The number of methoxy groups -OCH3 is 1. The SMILES string of the molecule is COCCOCCOCCN(CCO)CC(F)(F)F. The van der Waals surface area contributed by atoms with Crippen LogP contribution < -0.4 is 0 Å². The lowest BCUT2D eigenvalue weighted by molar-refractivity contribution is -0.148. The fraction of sp³-hybridized carbons (Fsp3) is 1.00. The van der Waals surface area contributed by atoms with Crippen molar-refractivity contribution in [2.45, 2.75) is 6.18 Å². The van der Waals surface area contributed by atoms with E-state index in [0.717, 1.165) is 4.90 Å². The van der Waals surface area contributed by atoms with Gasteiger partial charge in [-0.2, -0.15) is 13.2 Å². The molecule has 0 atom stereocenters. The van der Waals surface area contributed by atoms with Gasteiger partial charge in [-0.1, -0.05) is 0 Å². The first kappa shape index (κ1) is 18.6. The number of ether oxygens (including phenoxy) is 3. The van der Waals surface area contributed by atoms with Crippen LogP contribution in [0.25, 0.3) is 0 Å². The van der Waals surface area contributed by atoms with Crippen molar-refractivity contribution in [3.05, 3.63) is 0 Å². The van der Waals surface area contributed by atoms with E-state index in [4.69, 9.17) is 19.3 Å². The van der Waals surface area contributed by atoms with Crippen molar-refractivity contribution in [2.75, 3.05) is 66.4 Å². The van der Waals surface area contributed by atoms with Crippen LogP contribution in [-0.4, -0.2) is 82.6 Å². The number of hydrogen-bond acceptors (Lipinski definition) is 5. The molecule has 0 heterocycles. The summed E-state index contributed by atoms with van der Waals surface area (Å²) in [6.45, 7) is 0.582. The summed E-state index contributed by atoms with van der Waals surface area (Å²) in [6.07, 6.45) is -4.27. The average molecular weight is 289 g/mol. The predicted octanol–water partition coefficient (Wildman–Crippen LogP) is 0.523. The van der Waals surface area contributed by atoms with Crippen molar-refractivity contribution in [3.63, 3.8) is 0 Å². The Balaban J connectivity index is 3.53. The zero-order valence-corrected chi connectivity index (χ0v) is 11.1. The summed E-state index contributed by atoms with van der Waals surface area (Å²) >= 11 is 0. The van der Waals surface area contributed by atoms with Crippen LogP contribution in [0.2, 0.25) is 0 Å². The van der Waals surface area contributed by atoms with Gasteiger partial charge in [0.1, 0.15) is 0 Å². The molecule has 0 amide bonds. The number of aliphatic hydroxyl groups excluding tert-OH is 1. The second-order valence-electron chi connectivity index (χ2n) is 3.83. The summed E-state index contributed by atoms with van der Waals surface area (Å²) in [5.74, 6) is 0. The van der Waals surface area contributed by atoms with E-state index in [9.17, 15) is 13.2 Å². The fourth-order valence-electron chi connectivity index (χ4n) is 1.32. The Labute approximate surface area is 111 Å². The molecule has 0 aliphatic heterocycles. The van der Waals surface area contributed by atoms with Gasteiger partial charge in [-0.15, -0.1) is 0 Å². The lowest BCUT2D eigenvalue weighted by Crippen LogP contribution is -2.38.